The minimum Gasteiger partial charge on any atom is -0.478 e. The average molecular weight is 340 g/mol. The number of nitrogens with zero attached hydrogens (tertiary/aromatic N) is 1. The van der Waals surface area contributed by atoms with Gasteiger partial charge in [0.2, 0.25) is 15.9 Å². The standard InChI is InChI=1S/C15H20N2O5S/c1-23(21,22)17-8-2-3-13(10-17)16-14(18)9-11-4-6-12(7-5-11)15(19)20/h4-7,13H,2-3,8-10H2,1H3,(H,16,18)(H,19,20). The first kappa shape index (κ1) is 17.4. The third kappa shape index (κ3) is 5.04. The number of nitrogens with one attached hydrogen (secondary N) is 1. The second-order valence-electron chi connectivity index (χ2n) is 5.71. The first-order chi connectivity index (χ1) is 10.8. The van der Waals surface area contributed by atoms with Crippen LogP contribution in [0.1, 0.15) is 28.8 Å². The maximum Gasteiger partial charge on any atom is 0.335 e. The van der Waals surface area contributed by atoms with Gasteiger partial charge in [-0.2, -0.15) is 0 Å². The maximum absolute atomic E-state index is 12.1. The van der Waals surface area contributed by atoms with E-state index in [0.717, 1.165) is 6.42 Å². The molecule has 23 heavy (non-hydrogen) atoms. The van der Waals surface area contributed by atoms with E-state index < -0.39 is 16.0 Å². The van der Waals surface area contributed by atoms with Crippen molar-refractivity contribution >= 4 is 21.9 Å². The molecule has 1 atom stereocenters. The molecule has 1 amide bonds. The summed E-state index contributed by atoms with van der Waals surface area (Å²) in [5.74, 6) is -1.21. The Morgan fingerprint density at radius 3 is 2.52 bits per heavy atom. The highest BCUT2D eigenvalue weighted by molar-refractivity contribution is 7.88. The molecule has 0 saturated carbocycles. The molecule has 1 unspecified atom stereocenters. The summed E-state index contributed by atoms with van der Waals surface area (Å²) in [5.41, 5.74) is 0.883. The number of hydrogen-bond donors (Lipinski definition) is 2. The predicted octanol–water partition coefficient (Wildman–Crippen LogP) is 0.468. The molecule has 0 aromatic heterocycles. The van der Waals surface area contributed by atoms with Crippen molar-refractivity contribution in [3.05, 3.63) is 35.4 Å². The summed E-state index contributed by atoms with van der Waals surface area (Å²) in [6.45, 7) is 0.782. The lowest BCUT2D eigenvalue weighted by molar-refractivity contribution is -0.121. The highest BCUT2D eigenvalue weighted by atomic mass is 32.2. The van der Waals surface area contributed by atoms with Crippen LogP contribution in [0.25, 0.3) is 0 Å². The zero-order chi connectivity index (χ0) is 17.0. The number of aromatic carboxylic acids is 1. The molecule has 0 spiro atoms. The molecule has 0 bridgehead atoms. The van der Waals surface area contributed by atoms with Crippen LogP contribution in [0.15, 0.2) is 24.3 Å². The van der Waals surface area contributed by atoms with E-state index in [1.807, 2.05) is 0 Å². The van der Waals surface area contributed by atoms with Gasteiger partial charge >= 0.3 is 5.97 Å². The van der Waals surface area contributed by atoms with Gasteiger partial charge in [0, 0.05) is 19.1 Å². The summed E-state index contributed by atoms with van der Waals surface area (Å²) in [6.07, 6.45) is 2.76. The normalized spacial score (nSPS) is 19.3. The number of carbonyl (C=O) groups excluding carboxylic acids is 1. The Hall–Kier alpha value is -1.93. The average Bonchev–Trinajstić information content (AvgIpc) is 2.47. The molecule has 1 saturated heterocycles. The van der Waals surface area contributed by atoms with E-state index in [2.05, 4.69) is 5.32 Å². The fourth-order valence-corrected chi connectivity index (χ4v) is 3.50. The second kappa shape index (κ2) is 7.10. The zero-order valence-electron chi connectivity index (χ0n) is 12.9. The lowest BCUT2D eigenvalue weighted by Gasteiger charge is -2.31. The van der Waals surface area contributed by atoms with Gasteiger partial charge in [-0.05, 0) is 30.5 Å². The van der Waals surface area contributed by atoms with Crippen molar-refractivity contribution in [3.63, 3.8) is 0 Å². The summed E-state index contributed by atoms with van der Waals surface area (Å²) in [5, 5.41) is 11.7. The Morgan fingerprint density at radius 2 is 1.96 bits per heavy atom. The molecule has 2 N–H and O–H groups in total. The van der Waals surface area contributed by atoms with Crippen molar-refractivity contribution in [2.75, 3.05) is 19.3 Å². The quantitative estimate of drug-likeness (QED) is 0.811. The van der Waals surface area contributed by atoms with E-state index in [-0.39, 0.29) is 23.9 Å². The molecule has 2 rings (SSSR count). The van der Waals surface area contributed by atoms with Gasteiger partial charge in [-0.15, -0.1) is 0 Å². The third-order valence-corrected chi connectivity index (χ3v) is 5.05. The van der Waals surface area contributed by atoms with Crippen LogP contribution in [0, 0.1) is 0 Å². The van der Waals surface area contributed by atoms with Crippen LogP contribution in [0.3, 0.4) is 0 Å². The van der Waals surface area contributed by atoms with Crippen LogP contribution in [0.4, 0.5) is 0 Å². The van der Waals surface area contributed by atoms with Gasteiger partial charge in [0.05, 0.1) is 18.2 Å². The highest BCUT2D eigenvalue weighted by Gasteiger charge is 2.26. The number of carbonyl (C=O) groups is 2. The summed E-state index contributed by atoms with van der Waals surface area (Å²) in [4.78, 5) is 22.8. The summed E-state index contributed by atoms with van der Waals surface area (Å²) >= 11 is 0. The topological polar surface area (TPSA) is 104 Å². The predicted molar refractivity (Wildman–Crippen MR) is 84.7 cm³/mol. The van der Waals surface area contributed by atoms with Crippen molar-refractivity contribution in [2.24, 2.45) is 0 Å². The van der Waals surface area contributed by atoms with Crippen LogP contribution in [-0.4, -0.2) is 55.1 Å². The monoisotopic (exact) mass is 340 g/mol. The Morgan fingerprint density at radius 1 is 1.30 bits per heavy atom. The second-order valence-corrected chi connectivity index (χ2v) is 7.69. The molecule has 1 heterocycles. The van der Waals surface area contributed by atoms with Crippen LogP contribution in [-0.2, 0) is 21.2 Å². The van der Waals surface area contributed by atoms with E-state index in [4.69, 9.17) is 5.11 Å². The molecular weight excluding hydrogens is 320 g/mol. The van der Waals surface area contributed by atoms with Crippen molar-refractivity contribution in [1.82, 2.24) is 9.62 Å². The van der Waals surface area contributed by atoms with E-state index in [9.17, 15) is 18.0 Å². The molecule has 0 aliphatic carbocycles. The number of carboxylic acid groups (broad SMARTS) is 1. The first-order valence-corrected chi connectivity index (χ1v) is 9.17. The third-order valence-electron chi connectivity index (χ3n) is 3.78. The molecule has 1 aliphatic heterocycles. The lowest BCUT2D eigenvalue weighted by Crippen LogP contribution is -2.49. The van der Waals surface area contributed by atoms with Gasteiger partial charge in [0.25, 0.3) is 0 Å². The molecule has 1 aromatic rings. The van der Waals surface area contributed by atoms with E-state index in [0.29, 0.717) is 25.1 Å². The molecule has 1 aliphatic rings. The first-order valence-electron chi connectivity index (χ1n) is 7.32. The summed E-state index contributed by atoms with van der Waals surface area (Å²) in [6, 6.07) is 5.93. The smallest absolute Gasteiger partial charge is 0.335 e. The van der Waals surface area contributed by atoms with Gasteiger partial charge < -0.3 is 10.4 Å². The highest BCUT2D eigenvalue weighted by Crippen LogP contribution is 2.13. The van der Waals surface area contributed by atoms with Crippen LogP contribution in [0.2, 0.25) is 0 Å². The zero-order valence-corrected chi connectivity index (χ0v) is 13.7. The van der Waals surface area contributed by atoms with Gasteiger partial charge in [-0.25, -0.2) is 17.5 Å². The molecule has 7 nitrogen and oxygen atoms in total. The largest absolute Gasteiger partial charge is 0.478 e. The number of benzene rings is 1. The van der Waals surface area contributed by atoms with Gasteiger partial charge in [0.15, 0.2) is 0 Å². The minimum atomic E-state index is -3.24. The molecule has 0 radical (unpaired) electrons. The van der Waals surface area contributed by atoms with E-state index in [1.54, 1.807) is 12.1 Å². The van der Waals surface area contributed by atoms with Crippen molar-refractivity contribution in [1.29, 1.82) is 0 Å². The Bertz CT molecular complexity index is 684. The van der Waals surface area contributed by atoms with E-state index >= 15 is 0 Å². The summed E-state index contributed by atoms with van der Waals surface area (Å²) in [7, 11) is -3.24. The van der Waals surface area contributed by atoms with Crippen molar-refractivity contribution in [3.8, 4) is 0 Å². The van der Waals surface area contributed by atoms with E-state index in [1.165, 1.54) is 22.7 Å². The van der Waals surface area contributed by atoms with Gasteiger partial charge in [0.1, 0.15) is 0 Å². The Balaban J connectivity index is 1.90. The molecular formula is C15H20N2O5S. The molecule has 1 fully saturated rings. The Labute approximate surface area is 135 Å². The number of amides is 1. The van der Waals surface area contributed by atoms with Crippen LogP contribution < -0.4 is 5.32 Å². The van der Waals surface area contributed by atoms with Crippen LogP contribution in [0.5, 0.6) is 0 Å². The maximum atomic E-state index is 12.1. The Kier molecular flexibility index (Phi) is 5.38. The SMILES string of the molecule is CS(=O)(=O)N1CCCC(NC(=O)Cc2ccc(C(=O)O)cc2)C1. The molecule has 1 aromatic carbocycles. The van der Waals surface area contributed by atoms with Crippen molar-refractivity contribution < 1.29 is 23.1 Å². The molecule has 8 heteroatoms. The number of sulfonamides is 1. The van der Waals surface area contributed by atoms with Crippen LogP contribution >= 0.6 is 0 Å². The lowest BCUT2D eigenvalue weighted by atomic mass is 10.1. The molecule has 126 valence electrons. The fraction of sp³-hybridized carbons (Fsp3) is 0.467. The number of rotatable bonds is 5. The minimum absolute atomic E-state index is 0.134. The van der Waals surface area contributed by atoms with Gasteiger partial charge in [-0.1, -0.05) is 12.1 Å². The number of piperidine rings is 1. The summed E-state index contributed by atoms with van der Waals surface area (Å²) < 4.78 is 24.5. The number of hydrogen-bond acceptors (Lipinski definition) is 4. The number of carboxylic acids is 1. The fourth-order valence-electron chi connectivity index (χ4n) is 2.59. The van der Waals surface area contributed by atoms with Crippen molar-refractivity contribution in [2.45, 2.75) is 25.3 Å². The van der Waals surface area contributed by atoms with Gasteiger partial charge in [-0.3, -0.25) is 4.79 Å².